The number of anilines is 1. The molecular formula is C21H20ClN3O4. The molecule has 1 N–H and O–H groups in total. The van der Waals surface area contributed by atoms with Gasteiger partial charge in [-0.1, -0.05) is 35.9 Å². The minimum absolute atomic E-state index is 0.350. The van der Waals surface area contributed by atoms with Gasteiger partial charge in [-0.2, -0.15) is 5.10 Å². The van der Waals surface area contributed by atoms with Crippen molar-refractivity contribution in [3.8, 4) is 11.4 Å². The Hall–Kier alpha value is -3.32. The van der Waals surface area contributed by atoms with Crippen molar-refractivity contribution >= 4 is 29.3 Å². The highest BCUT2D eigenvalue weighted by Gasteiger charge is 2.13. The zero-order valence-electron chi connectivity index (χ0n) is 16.0. The van der Waals surface area contributed by atoms with Gasteiger partial charge in [-0.25, -0.2) is 9.48 Å². The summed E-state index contributed by atoms with van der Waals surface area (Å²) in [5.74, 6) is -0.290. The number of carbonyl (C=O) groups is 2. The number of aromatic nitrogens is 2. The molecule has 0 aliphatic carbocycles. The summed E-state index contributed by atoms with van der Waals surface area (Å²) in [6.07, 6.45) is 0. The van der Waals surface area contributed by atoms with Gasteiger partial charge in [-0.15, -0.1) is 0 Å². The van der Waals surface area contributed by atoms with Gasteiger partial charge in [0.05, 0.1) is 16.4 Å². The maximum Gasteiger partial charge on any atom is 0.344 e. The molecule has 3 rings (SSSR count). The maximum atomic E-state index is 12.2. The van der Waals surface area contributed by atoms with Crippen LogP contribution < -0.4 is 10.1 Å². The van der Waals surface area contributed by atoms with Crippen molar-refractivity contribution in [1.82, 2.24) is 9.78 Å². The molecule has 29 heavy (non-hydrogen) atoms. The van der Waals surface area contributed by atoms with E-state index < -0.39 is 18.5 Å². The lowest BCUT2D eigenvalue weighted by atomic mass is 10.2. The van der Waals surface area contributed by atoms with Crippen molar-refractivity contribution in [1.29, 1.82) is 0 Å². The van der Waals surface area contributed by atoms with Gasteiger partial charge in [0.15, 0.2) is 13.2 Å². The Morgan fingerprint density at radius 1 is 1.07 bits per heavy atom. The first-order valence-electron chi connectivity index (χ1n) is 8.89. The number of aryl methyl sites for hydroxylation is 2. The van der Waals surface area contributed by atoms with E-state index >= 15 is 0 Å². The molecule has 0 aliphatic heterocycles. The average Bonchev–Trinajstić information content (AvgIpc) is 3.07. The zero-order valence-corrected chi connectivity index (χ0v) is 16.8. The molecule has 0 bridgehead atoms. The molecule has 7 nitrogen and oxygen atoms in total. The molecule has 0 aliphatic rings. The molecule has 150 valence electrons. The number of nitrogens with one attached hydrogen (secondary N) is 1. The summed E-state index contributed by atoms with van der Waals surface area (Å²) in [6, 6.07) is 16.4. The first kappa shape index (κ1) is 20.4. The minimum Gasteiger partial charge on any atom is -0.480 e. The first-order chi connectivity index (χ1) is 13.9. The number of rotatable bonds is 7. The Labute approximate surface area is 173 Å². The molecule has 0 fully saturated rings. The fourth-order valence-electron chi connectivity index (χ4n) is 2.58. The predicted octanol–water partition coefficient (Wildman–Crippen LogP) is 3.70. The Morgan fingerprint density at radius 3 is 2.59 bits per heavy atom. The molecular weight excluding hydrogens is 394 g/mol. The SMILES string of the molecule is Cc1ccc(Cl)c(OCC(=O)OCC(=O)Nc2cc(C)nn2-c2ccccc2)c1. The van der Waals surface area contributed by atoms with Gasteiger partial charge in [0, 0.05) is 6.07 Å². The lowest BCUT2D eigenvalue weighted by molar-refractivity contribution is -0.149. The molecule has 3 aromatic rings. The third kappa shape index (κ3) is 5.58. The van der Waals surface area contributed by atoms with Gasteiger partial charge in [-0.05, 0) is 43.7 Å². The maximum absolute atomic E-state index is 12.2. The molecule has 0 atom stereocenters. The molecule has 2 aromatic carbocycles. The van der Waals surface area contributed by atoms with Gasteiger partial charge >= 0.3 is 5.97 Å². The summed E-state index contributed by atoms with van der Waals surface area (Å²) < 4.78 is 11.9. The van der Waals surface area contributed by atoms with Crippen LogP contribution in [-0.4, -0.2) is 34.9 Å². The normalized spacial score (nSPS) is 10.4. The summed E-state index contributed by atoms with van der Waals surface area (Å²) in [6.45, 7) is 2.91. The number of halogens is 1. The third-order valence-corrected chi connectivity index (χ3v) is 4.21. The first-order valence-corrected chi connectivity index (χ1v) is 9.26. The molecule has 1 amide bonds. The van der Waals surface area contributed by atoms with Crippen LogP contribution in [0.4, 0.5) is 5.82 Å². The van der Waals surface area contributed by atoms with Crippen molar-refractivity contribution in [2.45, 2.75) is 13.8 Å². The van der Waals surface area contributed by atoms with E-state index in [0.29, 0.717) is 16.6 Å². The van der Waals surface area contributed by atoms with Crippen molar-refractivity contribution in [2.75, 3.05) is 18.5 Å². The standard InChI is InChI=1S/C21H20ClN3O4/c1-14-8-9-17(22)18(10-14)28-13-21(27)29-12-20(26)23-19-11-15(2)24-25(19)16-6-4-3-5-7-16/h3-11H,12-13H2,1-2H3,(H,23,26). The van der Waals surface area contributed by atoms with Crippen LogP contribution in [0, 0.1) is 13.8 Å². The van der Waals surface area contributed by atoms with Gasteiger partial charge < -0.3 is 14.8 Å². The van der Waals surface area contributed by atoms with E-state index in [1.54, 1.807) is 22.9 Å². The van der Waals surface area contributed by atoms with E-state index in [9.17, 15) is 9.59 Å². The van der Waals surface area contributed by atoms with Crippen molar-refractivity contribution in [3.05, 3.63) is 70.9 Å². The minimum atomic E-state index is -0.675. The zero-order chi connectivity index (χ0) is 20.8. The number of hydrogen-bond donors (Lipinski definition) is 1. The molecule has 0 radical (unpaired) electrons. The van der Waals surface area contributed by atoms with Gasteiger partial charge in [0.25, 0.3) is 5.91 Å². The number of nitrogens with zero attached hydrogens (tertiary/aromatic N) is 2. The summed E-state index contributed by atoms with van der Waals surface area (Å²) in [7, 11) is 0. The Morgan fingerprint density at radius 2 is 1.83 bits per heavy atom. The van der Waals surface area contributed by atoms with E-state index in [4.69, 9.17) is 21.1 Å². The van der Waals surface area contributed by atoms with Crippen LogP contribution in [0.1, 0.15) is 11.3 Å². The average molecular weight is 414 g/mol. The van der Waals surface area contributed by atoms with Gasteiger partial charge in [0.1, 0.15) is 11.6 Å². The van der Waals surface area contributed by atoms with E-state index in [1.807, 2.05) is 50.2 Å². The number of esters is 1. The molecule has 8 heteroatoms. The number of ether oxygens (including phenoxy) is 2. The van der Waals surface area contributed by atoms with E-state index in [-0.39, 0.29) is 6.61 Å². The summed E-state index contributed by atoms with van der Waals surface area (Å²) in [4.78, 5) is 24.1. The van der Waals surface area contributed by atoms with Crippen molar-refractivity contribution < 1.29 is 19.1 Å². The summed E-state index contributed by atoms with van der Waals surface area (Å²) in [5.41, 5.74) is 2.49. The lowest BCUT2D eigenvalue weighted by Crippen LogP contribution is -2.24. The second-order valence-electron chi connectivity index (χ2n) is 6.35. The quantitative estimate of drug-likeness (QED) is 0.597. The van der Waals surface area contributed by atoms with Crippen LogP contribution in [0.25, 0.3) is 5.69 Å². The second-order valence-corrected chi connectivity index (χ2v) is 6.76. The Balaban J connectivity index is 1.53. The second kappa shape index (κ2) is 9.25. The van der Waals surface area contributed by atoms with Gasteiger partial charge in [0.2, 0.25) is 0 Å². The third-order valence-electron chi connectivity index (χ3n) is 3.90. The fourth-order valence-corrected chi connectivity index (χ4v) is 2.75. The van der Waals surface area contributed by atoms with Crippen LogP contribution in [0.2, 0.25) is 5.02 Å². The number of para-hydroxylation sites is 1. The summed E-state index contributed by atoms with van der Waals surface area (Å²) >= 11 is 6.02. The Kier molecular flexibility index (Phi) is 6.51. The smallest absolute Gasteiger partial charge is 0.344 e. The number of benzene rings is 2. The molecule has 0 saturated heterocycles. The van der Waals surface area contributed by atoms with Crippen LogP contribution in [0.15, 0.2) is 54.6 Å². The number of amides is 1. The van der Waals surface area contributed by atoms with E-state index in [1.165, 1.54) is 0 Å². The lowest BCUT2D eigenvalue weighted by Gasteiger charge is -2.10. The monoisotopic (exact) mass is 413 g/mol. The topological polar surface area (TPSA) is 82.4 Å². The number of hydrogen-bond acceptors (Lipinski definition) is 5. The molecule has 1 aromatic heterocycles. The highest BCUT2D eigenvalue weighted by molar-refractivity contribution is 6.32. The Bertz CT molecular complexity index is 1020. The van der Waals surface area contributed by atoms with Crippen LogP contribution in [0.5, 0.6) is 5.75 Å². The van der Waals surface area contributed by atoms with Crippen LogP contribution in [0.3, 0.4) is 0 Å². The molecule has 0 spiro atoms. The summed E-state index contributed by atoms with van der Waals surface area (Å²) in [5, 5.41) is 7.46. The largest absolute Gasteiger partial charge is 0.480 e. The van der Waals surface area contributed by atoms with Crippen molar-refractivity contribution in [2.24, 2.45) is 0 Å². The molecule has 0 unspecified atom stereocenters. The van der Waals surface area contributed by atoms with Crippen LogP contribution >= 0.6 is 11.6 Å². The predicted molar refractivity (Wildman–Crippen MR) is 110 cm³/mol. The fraction of sp³-hybridized carbons (Fsp3) is 0.190. The number of carbonyl (C=O) groups excluding carboxylic acids is 2. The van der Waals surface area contributed by atoms with E-state index in [0.717, 1.165) is 16.9 Å². The van der Waals surface area contributed by atoms with Crippen LogP contribution in [-0.2, 0) is 14.3 Å². The highest BCUT2D eigenvalue weighted by atomic mass is 35.5. The molecule has 0 saturated carbocycles. The molecule has 1 heterocycles. The van der Waals surface area contributed by atoms with E-state index in [2.05, 4.69) is 10.4 Å². The van der Waals surface area contributed by atoms with Gasteiger partial charge in [-0.3, -0.25) is 4.79 Å². The highest BCUT2D eigenvalue weighted by Crippen LogP contribution is 2.25. The van der Waals surface area contributed by atoms with Crippen molar-refractivity contribution in [3.63, 3.8) is 0 Å².